The van der Waals surface area contributed by atoms with E-state index in [0.29, 0.717) is 66.0 Å². The molecule has 1 aliphatic carbocycles. The highest BCUT2D eigenvalue weighted by Gasteiger charge is 2.43. The lowest BCUT2D eigenvalue weighted by Gasteiger charge is -2.36. The Morgan fingerprint density at radius 3 is 2.61 bits per heavy atom. The van der Waals surface area contributed by atoms with Gasteiger partial charge in [-0.25, -0.2) is 9.79 Å². The van der Waals surface area contributed by atoms with Gasteiger partial charge in [-0.15, -0.1) is 11.3 Å². The molecule has 4 atom stereocenters. The van der Waals surface area contributed by atoms with Crippen LogP contribution in [0.2, 0.25) is 0 Å². The van der Waals surface area contributed by atoms with Gasteiger partial charge < -0.3 is 28.7 Å². The van der Waals surface area contributed by atoms with E-state index in [4.69, 9.17) is 28.9 Å². The molecule has 0 unspecified atom stereocenters. The third-order valence-electron chi connectivity index (χ3n) is 10.1. The van der Waals surface area contributed by atoms with Crippen molar-refractivity contribution >= 4 is 34.6 Å². The van der Waals surface area contributed by atoms with E-state index >= 15 is 0 Å². The number of thiophene rings is 1. The number of likely N-dealkylation sites (N-methyl/N-ethyl adjacent to an activating group) is 1. The second-order valence-corrected chi connectivity index (χ2v) is 16.4. The van der Waals surface area contributed by atoms with Crippen molar-refractivity contribution in [1.82, 2.24) is 34.8 Å². The van der Waals surface area contributed by atoms with Crippen molar-refractivity contribution in [3.63, 3.8) is 0 Å². The first-order valence-electron chi connectivity index (χ1n) is 17.8. The first-order chi connectivity index (χ1) is 24.2. The summed E-state index contributed by atoms with van der Waals surface area (Å²) in [6.07, 6.45) is 5.92. The summed E-state index contributed by atoms with van der Waals surface area (Å²) in [7, 11) is 5.94. The highest BCUT2D eigenvalue weighted by molar-refractivity contribution is 7.16. The number of aryl methyl sites for hydroxylation is 1. The molecule has 6 rings (SSSR count). The molecule has 0 saturated carbocycles. The van der Waals surface area contributed by atoms with Gasteiger partial charge in [-0.1, -0.05) is 5.16 Å². The van der Waals surface area contributed by atoms with Gasteiger partial charge in [-0.2, -0.15) is 20.2 Å². The number of aliphatic imine (C=N–C) groups is 1. The van der Waals surface area contributed by atoms with E-state index in [1.54, 1.807) is 22.6 Å². The van der Waals surface area contributed by atoms with Crippen LogP contribution in [0.5, 0.6) is 6.01 Å². The number of nitriles is 1. The maximum Gasteiger partial charge on any atom is 0.410 e. The molecule has 0 spiro atoms. The summed E-state index contributed by atoms with van der Waals surface area (Å²) in [6, 6.07) is 5.22. The molecule has 3 aromatic heterocycles. The maximum atomic E-state index is 12.8. The third kappa shape index (κ3) is 7.67. The zero-order valence-electron chi connectivity index (χ0n) is 31.3. The second kappa shape index (κ2) is 14.4. The second-order valence-electron chi connectivity index (χ2n) is 15.3. The van der Waals surface area contributed by atoms with Gasteiger partial charge in [0.25, 0.3) is 0 Å². The van der Waals surface area contributed by atoms with Gasteiger partial charge >= 0.3 is 12.1 Å². The van der Waals surface area contributed by atoms with E-state index in [9.17, 15) is 10.1 Å². The lowest BCUT2D eigenvalue weighted by molar-refractivity contribution is 0.0240. The van der Waals surface area contributed by atoms with E-state index in [1.807, 2.05) is 45.8 Å². The van der Waals surface area contributed by atoms with Crippen LogP contribution in [0.1, 0.15) is 89.1 Å². The summed E-state index contributed by atoms with van der Waals surface area (Å²) in [5, 5.41) is 15.4. The van der Waals surface area contributed by atoms with Gasteiger partial charge in [0.15, 0.2) is 0 Å². The average molecular weight is 719 g/mol. The molecular weight excluding hydrogens is 669 g/mol. The molecule has 2 fully saturated rings. The Balaban J connectivity index is 1.32. The lowest BCUT2D eigenvalue weighted by atomic mass is 9.72. The van der Waals surface area contributed by atoms with Crippen molar-refractivity contribution in [2.24, 2.45) is 4.99 Å². The maximum absolute atomic E-state index is 12.8. The summed E-state index contributed by atoms with van der Waals surface area (Å²) in [5.74, 6) is 1.40. The molecule has 1 amide bonds. The standard InChI is InChI=1S/C36H50N10O4S/c1-22-12-13-26(44(22)9)23(2)48-33-39-25(19-28(40-33)45-15-17-46(18-16-45)34(47)49-35(3,4)5)30-41-32(50-42-30)36(6)14-10-11-27-29(36)24(20-37)31(51-27)38-21-43(7)8/h19,21-23,26H,10-18H2,1-9H3/t22-,23-,26-,36-/m0/s1. The van der Waals surface area contributed by atoms with Crippen molar-refractivity contribution < 1.29 is 18.8 Å². The number of ether oxygens (including phenoxy) is 2. The van der Waals surface area contributed by atoms with Crippen LogP contribution in [0.4, 0.5) is 15.6 Å². The van der Waals surface area contributed by atoms with Gasteiger partial charge in [0.1, 0.15) is 34.3 Å². The van der Waals surface area contributed by atoms with Crippen molar-refractivity contribution in [1.29, 1.82) is 5.26 Å². The molecule has 0 N–H and O–H groups in total. The van der Waals surface area contributed by atoms with E-state index in [-0.39, 0.29) is 24.2 Å². The minimum atomic E-state index is -0.669. The fourth-order valence-electron chi connectivity index (χ4n) is 7.22. The van der Waals surface area contributed by atoms with Crippen LogP contribution in [0.3, 0.4) is 0 Å². The van der Waals surface area contributed by atoms with Gasteiger partial charge in [0.05, 0.1) is 17.3 Å². The number of nitrogens with zero attached hydrogens (tertiary/aromatic N) is 10. The third-order valence-corrected chi connectivity index (χ3v) is 11.3. The van der Waals surface area contributed by atoms with Crippen LogP contribution >= 0.6 is 11.3 Å². The summed E-state index contributed by atoms with van der Waals surface area (Å²) < 4.78 is 18.1. The smallest absolute Gasteiger partial charge is 0.410 e. The van der Waals surface area contributed by atoms with Crippen LogP contribution in [0.15, 0.2) is 15.6 Å². The number of rotatable bonds is 8. The predicted molar refractivity (Wildman–Crippen MR) is 196 cm³/mol. The Morgan fingerprint density at radius 1 is 1.22 bits per heavy atom. The van der Waals surface area contributed by atoms with E-state index in [1.165, 1.54) is 0 Å². The van der Waals surface area contributed by atoms with Gasteiger partial charge in [-0.3, -0.25) is 4.90 Å². The number of amides is 1. The zero-order chi connectivity index (χ0) is 36.7. The Morgan fingerprint density at radius 2 is 1.96 bits per heavy atom. The Hall–Kier alpha value is -4.29. The van der Waals surface area contributed by atoms with Crippen LogP contribution in [-0.2, 0) is 16.6 Å². The molecule has 3 aliphatic rings. The van der Waals surface area contributed by atoms with Crippen LogP contribution in [0.25, 0.3) is 11.5 Å². The number of anilines is 1. The Bertz CT molecular complexity index is 1800. The van der Waals surface area contributed by atoms with Crippen LogP contribution in [0, 0.1) is 11.3 Å². The van der Waals surface area contributed by atoms with Gasteiger partial charge in [0, 0.05) is 68.9 Å². The topological polar surface area (TPSA) is 149 Å². The van der Waals surface area contributed by atoms with Crippen molar-refractivity contribution in [3.8, 4) is 23.6 Å². The highest BCUT2D eigenvalue weighted by atomic mass is 32.1. The van der Waals surface area contributed by atoms with Crippen molar-refractivity contribution in [3.05, 3.63) is 28.0 Å². The van der Waals surface area contributed by atoms with E-state index in [2.05, 4.69) is 53.8 Å². The zero-order valence-corrected chi connectivity index (χ0v) is 32.1. The molecule has 2 saturated heterocycles. The molecule has 51 heavy (non-hydrogen) atoms. The summed E-state index contributed by atoms with van der Waals surface area (Å²) >= 11 is 1.55. The molecule has 5 heterocycles. The molecule has 14 nitrogen and oxygen atoms in total. The fraction of sp³-hybridized carbons (Fsp3) is 0.639. The summed E-state index contributed by atoms with van der Waals surface area (Å²) in [5.41, 5.74) is 0.715. The molecule has 3 aromatic rings. The lowest BCUT2D eigenvalue weighted by Crippen LogP contribution is -2.50. The van der Waals surface area contributed by atoms with Crippen molar-refractivity contribution in [2.75, 3.05) is 52.2 Å². The first-order valence-corrected chi connectivity index (χ1v) is 18.6. The molecule has 15 heteroatoms. The number of piperazine rings is 1. The molecule has 0 bridgehead atoms. The molecular formula is C36H50N10O4S. The molecule has 0 aromatic carbocycles. The van der Waals surface area contributed by atoms with Gasteiger partial charge in [0.2, 0.25) is 11.7 Å². The first kappa shape index (κ1) is 36.5. The highest BCUT2D eigenvalue weighted by Crippen LogP contribution is 2.50. The quantitative estimate of drug-likeness (QED) is 0.210. The number of hydrogen-bond acceptors (Lipinski definition) is 13. The predicted octanol–water partition coefficient (Wildman–Crippen LogP) is 5.63. The fourth-order valence-corrected chi connectivity index (χ4v) is 8.48. The van der Waals surface area contributed by atoms with E-state index in [0.717, 1.165) is 42.5 Å². The minimum absolute atomic E-state index is 0.153. The average Bonchev–Trinajstić information content (AvgIpc) is 3.81. The summed E-state index contributed by atoms with van der Waals surface area (Å²) in [4.78, 5) is 41.2. The number of carbonyl (C=O) groups is 1. The van der Waals surface area contributed by atoms with Crippen molar-refractivity contribution in [2.45, 2.75) is 103 Å². The normalized spacial score (nSPS) is 23.3. The van der Waals surface area contributed by atoms with Crippen LogP contribution < -0.4 is 9.64 Å². The number of likely N-dealkylation sites (tertiary alicyclic amines) is 1. The van der Waals surface area contributed by atoms with Gasteiger partial charge in [-0.05, 0) is 80.7 Å². The Kier molecular flexibility index (Phi) is 10.3. The number of fused-ring (bicyclic) bond motifs is 1. The minimum Gasteiger partial charge on any atom is -0.459 e. The molecule has 0 radical (unpaired) electrons. The monoisotopic (exact) mass is 718 g/mol. The number of carbonyl (C=O) groups excluding carboxylic acids is 1. The van der Waals surface area contributed by atoms with E-state index < -0.39 is 11.0 Å². The Labute approximate surface area is 304 Å². The number of hydrogen-bond donors (Lipinski definition) is 0. The molecule has 274 valence electrons. The van der Waals surface area contributed by atoms with Crippen LogP contribution in [-0.4, -0.2) is 118 Å². The largest absolute Gasteiger partial charge is 0.459 e. The number of aromatic nitrogens is 4. The summed E-state index contributed by atoms with van der Waals surface area (Å²) in [6.45, 7) is 14.1. The SMILES string of the molecule is C[C@H](Oc1nc(-c2noc([C@@]3(C)CCCc4sc(N=CN(C)C)c(C#N)c43)n2)cc(N2CCN(C(=O)OC(C)(C)C)CC2)n1)[C@@H]1CC[C@H](C)N1C. The molecule has 2 aliphatic heterocycles.